The van der Waals surface area contributed by atoms with Crippen LogP contribution in [0.25, 0.3) is 0 Å². The van der Waals surface area contributed by atoms with Gasteiger partial charge in [0.2, 0.25) is 5.91 Å². The Kier molecular flexibility index (Phi) is 4.12. The summed E-state index contributed by atoms with van der Waals surface area (Å²) >= 11 is 6.39. The molecular formula is C17H23ClN2O. The first-order valence-electron chi connectivity index (χ1n) is 7.93. The van der Waals surface area contributed by atoms with Crippen LogP contribution in [-0.2, 0) is 11.2 Å². The molecule has 3 rings (SSSR count). The lowest BCUT2D eigenvalue weighted by Crippen LogP contribution is -2.35. The average molecular weight is 307 g/mol. The van der Waals surface area contributed by atoms with E-state index in [-0.39, 0.29) is 5.91 Å². The third kappa shape index (κ3) is 3.03. The summed E-state index contributed by atoms with van der Waals surface area (Å²) < 4.78 is 0. The molecule has 0 spiro atoms. The molecule has 2 atom stereocenters. The van der Waals surface area contributed by atoms with Crippen LogP contribution in [0, 0.1) is 11.8 Å². The monoisotopic (exact) mass is 306 g/mol. The van der Waals surface area contributed by atoms with Gasteiger partial charge in [0.05, 0.1) is 17.1 Å². The van der Waals surface area contributed by atoms with Gasteiger partial charge in [0.1, 0.15) is 0 Å². The van der Waals surface area contributed by atoms with Crippen molar-refractivity contribution in [3.05, 3.63) is 22.7 Å². The number of rotatable bonds is 3. The number of benzene rings is 1. The minimum atomic E-state index is 0.0518. The highest BCUT2D eigenvalue weighted by atomic mass is 35.5. The van der Waals surface area contributed by atoms with Crippen LogP contribution in [0.15, 0.2) is 12.1 Å². The summed E-state index contributed by atoms with van der Waals surface area (Å²) in [5.41, 5.74) is 2.88. The average Bonchev–Trinajstić information content (AvgIpc) is 2.78. The zero-order valence-corrected chi connectivity index (χ0v) is 13.5. The minimum absolute atomic E-state index is 0.0518. The SMILES string of the molecule is CC(C)C1CCCCC1Nc1cc2c(cc1Cl)NC(=O)C2. The molecule has 114 valence electrons. The molecule has 1 fully saturated rings. The van der Waals surface area contributed by atoms with Gasteiger partial charge in [0.15, 0.2) is 0 Å². The Morgan fingerprint density at radius 1 is 1.29 bits per heavy atom. The fourth-order valence-electron chi connectivity index (χ4n) is 3.70. The lowest BCUT2D eigenvalue weighted by atomic mass is 9.78. The maximum Gasteiger partial charge on any atom is 0.228 e. The van der Waals surface area contributed by atoms with Crippen molar-refractivity contribution in [1.82, 2.24) is 0 Å². The van der Waals surface area contributed by atoms with Crippen molar-refractivity contribution in [2.75, 3.05) is 10.6 Å². The molecule has 1 saturated carbocycles. The predicted octanol–water partition coefficient (Wildman–Crippen LogP) is 4.46. The Labute approximate surface area is 131 Å². The molecule has 0 bridgehead atoms. The highest BCUT2D eigenvalue weighted by Gasteiger charge is 2.28. The number of anilines is 2. The highest BCUT2D eigenvalue weighted by Crippen LogP contribution is 2.37. The predicted molar refractivity (Wildman–Crippen MR) is 88.0 cm³/mol. The first-order valence-corrected chi connectivity index (χ1v) is 8.31. The number of hydrogen-bond acceptors (Lipinski definition) is 2. The summed E-state index contributed by atoms with van der Waals surface area (Å²) in [5, 5.41) is 7.20. The number of amides is 1. The number of carbonyl (C=O) groups excluding carboxylic acids is 1. The second-order valence-corrected chi connectivity index (χ2v) is 7.06. The van der Waals surface area contributed by atoms with Crippen LogP contribution in [0.1, 0.15) is 45.1 Å². The van der Waals surface area contributed by atoms with Crippen molar-refractivity contribution in [2.24, 2.45) is 11.8 Å². The first-order chi connectivity index (χ1) is 10.0. The van der Waals surface area contributed by atoms with Gasteiger partial charge in [-0.05, 0) is 42.4 Å². The van der Waals surface area contributed by atoms with E-state index >= 15 is 0 Å². The van der Waals surface area contributed by atoms with Crippen LogP contribution < -0.4 is 10.6 Å². The molecule has 1 aromatic rings. The van der Waals surface area contributed by atoms with Crippen LogP contribution in [0.2, 0.25) is 5.02 Å². The van der Waals surface area contributed by atoms with Crippen molar-refractivity contribution < 1.29 is 4.79 Å². The Bertz CT molecular complexity index is 556. The molecule has 1 amide bonds. The molecule has 0 radical (unpaired) electrons. The fraction of sp³-hybridized carbons (Fsp3) is 0.588. The molecule has 1 heterocycles. The summed E-state index contributed by atoms with van der Waals surface area (Å²) in [6.45, 7) is 4.61. The maximum atomic E-state index is 11.5. The van der Waals surface area contributed by atoms with Crippen molar-refractivity contribution in [3.63, 3.8) is 0 Å². The third-order valence-corrected chi connectivity index (χ3v) is 5.15. The van der Waals surface area contributed by atoms with Crippen LogP contribution in [0.3, 0.4) is 0 Å². The molecule has 2 aliphatic rings. The second kappa shape index (κ2) is 5.88. The summed E-state index contributed by atoms with van der Waals surface area (Å²) in [4.78, 5) is 11.5. The van der Waals surface area contributed by atoms with Gasteiger partial charge in [-0.25, -0.2) is 0 Å². The van der Waals surface area contributed by atoms with Gasteiger partial charge in [-0.2, -0.15) is 0 Å². The van der Waals surface area contributed by atoms with Crippen LogP contribution in [0.5, 0.6) is 0 Å². The lowest BCUT2D eigenvalue weighted by Gasteiger charge is -2.35. The number of hydrogen-bond donors (Lipinski definition) is 2. The molecule has 0 aromatic heterocycles. The molecule has 21 heavy (non-hydrogen) atoms. The standard InChI is InChI=1S/C17H23ClN2O/c1-10(2)12-5-3-4-6-14(12)19-16-7-11-8-17(21)20-15(11)9-13(16)18/h7,9-10,12,14,19H,3-6,8H2,1-2H3,(H,20,21). The molecule has 2 unspecified atom stereocenters. The van der Waals surface area contributed by atoms with Crippen molar-refractivity contribution in [1.29, 1.82) is 0 Å². The summed E-state index contributed by atoms with van der Waals surface area (Å²) in [6, 6.07) is 4.40. The zero-order chi connectivity index (χ0) is 15.0. The van der Waals surface area contributed by atoms with Crippen molar-refractivity contribution in [2.45, 2.75) is 52.0 Å². The van der Waals surface area contributed by atoms with Gasteiger partial charge in [0.25, 0.3) is 0 Å². The van der Waals surface area contributed by atoms with E-state index in [1.54, 1.807) is 0 Å². The van der Waals surface area contributed by atoms with Crippen LogP contribution >= 0.6 is 11.6 Å². The minimum Gasteiger partial charge on any atom is -0.381 e. The van der Waals surface area contributed by atoms with Gasteiger partial charge in [-0.15, -0.1) is 0 Å². The van der Waals surface area contributed by atoms with E-state index in [9.17, 15) is 4.79 Å². The molecule has 1 aromatic carbocycles. The van der Waals surface area contributed by atoms with E-state index < -0.39 is 0 Å². The Balaban J connectivity index is 1.81. The van der Waals surface area contributed by atoms with E-state index in [2.05, 4.69) is 24.5 Å². The van der Waals surface area contributed by atoms with E-state index in [0.29, 0.717) is 29.3 Å². The van der Waals surface area contributed by atoms with Gasteiger partial charge >= 0.3 is 0 Å². The van der Waals surface area contributed by atoms with Gasteiger partial charge in [0, 0.05) is 11.7 Å². The molecule has 1 aliphatic carbocycles. The number of fused-ring (bicyclic) bond motifs is 1. The van der Waals surface area contributed by atoms with Gasteiger partial charge in [-0.1, -0.05) is 38.3 Å². The zero-order valence-electron chi connectivity index (χ0n) is 12.7. The van der Waals surface area contributed by atoms with Crippen LogP contribution in [-0.4, -0.2) is 11.9 Å². The normalized spacial score (nSPS) is 24.9. The number of carbonyl (C=O) groups is 1. The van der Waals surface area contributed by atoms with Crippen LogP contribution in [0.4, 0.5) is 11.4 Å². The smallest absolute Gasteiger partial charge is 0.228 e. The summed E-state index contributed by atoms with van der Waals surface area (Å²) in [7, 11) is 0. The summed E-state index contributed by atoms with van der Waals surface area (Å²) in [5.74, 6) is 1.43. The van der Waals surface area contributed by atoms with E-state index in [4.69, 9.17) is 11.6 Å². The first kappa shape index (κ1) is 14.7. The fourth-order valence-corrected chi connectivity index (χ4v) is 3.91. The summed E-state index contributed by atoms with van der Waals surface area (Å²) in [6.07, 6.45) is 5.56. The quantitative estimate of drug-likeness (QED) is 0.865. The van der Waals surface area contributed by atoms with Gasteiger partial charge in [-0.3, -0.25) is 4.79 Å². The topological polar surface area (TPSA) is 41.1 Å². The molecule has 4 heteroatoms. The molecule has 3 nitrogen and oxygen atoms in total. The van der Waals surface area contributed by atoms with E-state index in [0.717, 1.165) is 16.9 Å². The molecule has 2 N–H and O–H groups in total. The number of nitrogens with one attached hydrogen (secondary N) is 2. The van der Waals surface area contributed by atoms with Crippen molar-refractivity contribution in [3.8, 4) is 0 Å². The van der Waals surface area contributed by atoms with E-state index in [1.165, 1.54) is 25.7 Å². The van der Waals surface area contributed by atoms with E-state index in [1.807, 2.05) is 12.1 Å². The van der Waals surface area contributed by atoms with Crippen molar-refractivity contribution >= 4 is 28.9 Å². The highest BCUT2D eigenvalue weighted by molar-refractivity contribution is 6.33. The Morgan fingerprint density at radius 3 is 2.81 bits per heavy atom. The second-order valence-electron chi connectivity index (χ2n) is 6.66. The number of halogens is 1. The third-order valence-electron chi connectivity index (χ3n) is 4.83. The maximum absolute atomic E-state index is 11.5. The molecule has 1 aliphatic heterocycles. The molecule has 0 saturated heterocycles. The van der Waals surface area contributed by atoms with Gasteiger partial charge < -0.3 is 10.6 Å². The molecular weight excluding hydrogens is 284 g/mol. The Hall–Kier alpha value is -1.22. The largest absolute Gasteiger partial charge is 0.381 e. The Morgan fingerprint density at radius 2 is 2.05 bits per heavy atom. The lowest BCUT2D eigenvalue weighted by molar-refractivity contribution is -0.115.